The molecule has 33 heavy (non-hydrogen) atoms. The molecule has 0 aliphatic rings. The number of fused-ring (bicyclic) bond motifs is 1. The van der Waals surface area contributed by atoms with Crippen molar-refractivity contribution in [3.63, 3.8) is 0 Å². The van der Waals surface area contributed by atoms with Crippen LogP contribution < -0.4 is 18.9 Å². The highest BCUT2D eigenvalue weighted by Crippen LogP contribution is 2.43. The number of hydrogen-bond acceptors (Lipinski definition) is 6. The summed E-state index contributed by atoms with van der Waals surface area (Å²) < 4.78 is 65.3. The average molecular weight is 456 g/mol. The van der Waals surface area contributed by atoms with Crippen LogP contribution in [0.25, 0.3) is 33.3 Å². The third-order valence-corrected chi connectivity index (χ3v) is 5.23. The molecule has 0 aliphatic carbocycles. The van der Waals surface area contributed by atoms with E-state index in [0.717, 1.165) is 26.1 Å². The third kappa shape index (κ3) is 3.65. The van der Waals surface area contributed by atoms with Crippen molar-refractivity contribution in [1.82, 2.24) is 9.97 Å². The van der Waals surface area contributed by atoms with E-state index in [1.807, 2.05) is 6.07 Å². The Balaban J connectivity index is 1.98. The molecule has 3 aromatic carbocycles. The van der Waals surface area contributed by atoms with E-state index in [1.54, 1.807) is 30.3 Å². The van der Waals surface area contributed by atoms with E-state index < -0.39 is 34.5 Å². The Labute approximate surface area is 187 Å². The summed E-state index contributed by atoms with van der Waals surface area (Å²) in [5.41, 5.74) is 1.06. The number of aromatic nitrogens is 2. The molecule has 0 aliphatic heterocycles. The summed E-state index contributed by atoms with van der Waals surface area (Å²) in [5, 5.41) is 0.314. The van der Waals surface area contributed by atoms with Crippen LogP contribution in [0.3, 0.4) is 0 Å². The van der Waals surface area contributed by atoms with Crippen LogP contribution in [0.4, 0.5) is 13.2 Å². The lowest BCUT2D eigenvalue weighted by atomic mass is 9.99. The highest BCUT2D eigenvalue weighted by molar-refractivity contribution is 5.95. The van der Waals surface area contributed by atoms with Crippen molar-refractivity contribution >= 4 is 10.9 Å². The summed E-state index contributed by atoms with van der Waals surface area (Å²) in [5.74, 6) is -4.12. The van der Waals surface area contributed by atoms with Crippen molar-refractivity contribution in [1.29, 1.82) is 0 Å². The van der Waals surface area contributed by atoms with Gasteiger partial charge < -0.3 is 18.9 Å². The lowest BCUT2D eigenvalue weighted by Crippen LogP contribution is -2.05. The Hall–Kier alpha value is -4.01. The zero-order valence-corrected chi connectivity index (χ0v) is 18.2. The lowest BCUT2D eigenvalue weighted by Gasteiger charge is -2.15. The van der Waals surface area contributed by atoms with Crippen molar-refractivity contribution in [3.8, 4) is 45.4 Å². The van der Waals surface area contributed by atoms with Crippen molar-refractivity contribution in [2.24, 2.45) is 0 Å². The Bertz CT molecular complexity index is 1360. The lowest BCUT2D eigenvalue weighted by molar-refractivity contribution is 0.314. The Morgan fingerprint density at radius 2 is 1.27 bits per heavy atom. The highest BCUT2D eigenvalue weighted by Gasteiger charge is 2.29. The molecule has 0 saturated carbocycles. The molecule has 1 heterocycles. The van der Waals surface area contributed by atoms with Crippen molar-refractivity contribution < 1.29 is 32.1 Å². The standard InChI is InChI=1S/C24H19F3N2O4/c1-30-16-8-6-13(10-17(16)31-2)12-5-7-15-14(9-12)22(29-11-28-15)18-19(25)21(27)24(33-4)23(32-3)20(18)26/h5-11H,1-4H3. The fraction of sp³-hybridized carbons (Fsp3) is 0.167. The van der Waals surface area contributed by atoms with Crippen LogP contribution >= 0.6 is 0 Å². The topological polar surface area (TPSA) is 62.7 Å². The van der Waals surface area contributed by atoms with Crippen LogP contribution in [-0.2, 0) is 0 Å². The molecule has 0 bridgehead atoms. The van der Waals surface area contributed by atoms with E-state index in [1.165, 1.54) is 14.2 Å². The van der Waals surface area contributed by atoms with Gasteiger partial charge in [-0.15, -0.1) is 0 Å². The molecule has 0 atom stereocenters. The fourth-order valence-electron chi connectivity index (χ4n) is 3.64. The molecular formula is C24H19F3N2O4. The van der Waals surface area contributed by atoms with Crippen LogP contribution in [0.1, 0.15) is 0 Å². The molecule has 6 nitrogen and oxygen atoms in total. The number of hydrogen-bond donors (Lipinski definition) is 0. The fourth-order valence-corrected chi connectivity index (χ4v) is 3.64. The van der Waals surface area contributed by atoms with Gasteiger partial charge in [0.2, 0.25) is 17.3 Å². The van der Waals surface area contributed by atoms with E-state index in [4.69, 9.17) is 18.9 Å². The van der Waals surface area contributed by atoms with Gasteiger partial charge >= 0.3 is 0 Å². The Morgan fingerprint density at radius 1 is 0.636 bits per heavy atom. The quantitative estimate of drug-likeness (QED) is 0.361. The van der Waals surface area contributed by atoms with E-state index >= 15 is 8.78 Å². The molecule has 170 valence electrons. The van der Waals surface area contributed by atoms with E-state index in [2.05, 4.69) is 9.97 Å². The predicted octanol–water partition coefficient (Wildman–Crippen LogP) is 5.42. The van der Waals surface area contributed by atoms with Crippen LogP contribution in [0, 0.1) is 17.5 Å². The number of rotatable bonds is 6. The number of nitrogens with zero attached hydrogens (tertiary/aromatic N) is 2. The van der Waals surface area contributed by atoms with E-state index in [-0.39, 0.29) is 5.69 Å². The zero-order valence-electron chi connectivity index (χ0n) is 18.2. The molecule has 0 radical (unpaired) electrons. The van der Waals surface area contributed by atoms with Gasteiger partial charge in [0.25, 0.3) is 0 Å². The maximum atomic E-state index is 15.3. The van der Waals surface area contributed by atoms with Gasteiger partial charge in [-0.25, -0.2) is 18.7 Å². The molecule has 1 aromatic heterocycles. The van der Waals surface area contributed by atoms with Gasteiger partial charge in [-0.05, 0) is 35.4 Å². The van der Waals surface area contributed by atoms with Crippen LogP contribution in [0.5, 0.6) is 23.0 Å². The minimum atomic E-state index is -1.44. The van der Waals surface area contributed by atoms with Gasteiger partial charge in [0.15, 0.2) is 23.1 Å². The van der Waals surface area contributed by atoms with Crippen LogP contribution in [0.15, 0.2) is 42.7 Å². The first-order valence-electron chi connectivity index (χ1n) is 9.71. The first-order valence-corrected chi connectivity index (χ1v) is 9.71. The first-order chi connectivity index (χ1) is 15.9. The molecule has 0 spiro atoms. The van der Waals surface area contributed by atoms with Crippen molar-refractivity contribution in [2.45, 2.75) is 0 Å². The van der Waals surface area contributed by atoms with Gasteiger partial charge in [-0.3, -0.25) is 0 Å². The van der Waals surface area contributed by atoms with E-state index in [9.17, 15) is 4.39 Å². The van der Waals surface area contributed by atoms with Gasteiger partial charge in [0.05, 0.1) is 45.2 Å². The third-order valence-electron chi connectivity index (χ3n) is 5.23. The summed E-state index contributed by atoms with van der Waals surface area (Å²) in [6.45, 7) is 0. The maximum absolute atomic E-state index is 15.3. The SMILES string of the molecule is COc1ccc(-c2ccc3ncnc(-c4c(F)c(F)c(OC)c(OC)c4F)c3c2)cc1OC. The summed E-state index contributed by atoms with van der Waals surface area (Å²) >= 11 is 0. The monoisotopic (exact) mass is 456 g/mol. The molecule has 0 N–H and O–H groups in total. The summed E-state index contributed by atoms with van der Waals surface area (Å²) in [4.78, 5) is 8.24. The number of halogens is 3. The average Bonchev–Trinajstić information content (AvgIpc) is 2.85. The largest absolute Gasteiger partial charge is 0.493 e. The summed E-state index contributed by atoms with van der Waals surface area (Å²) in [7, 11) is 5.28. The van der Waals surface area contributed by atoms with Crippen LogP contribution in [-0.4, -0.2) is 38.4 Å². The normalized spacial score (nSPS) is 10.9. The Morgan fingerprint density at radius 3 is 1.94 bits per heavy atom. The maximum Gasteiger partial charge on any atom is 0.205 e. The molecule has 0 amide bonds. The molecule has 0 unspecified atom stereocenters. The van der Waals surface area contributed by atoms with Crippen LogP contribution in [0.2, 0.25) is 0 Å². The van der Waals surface area contributed by atoms with Gasteiger partial charge in [-0.2, -0.15) is 4.39 Å². The second-order valence-electron chi connectivity index (χ2n) is 6.91. The van der Waals surface area contributed by atoms with Gasteiger partial charge in [0.1, 0.15) is 6.33 Å². The van der Waals surface area contributed by atoms with Gasteiger partial charge in [0, 0.05) is 5.39 Å². The molecular weight excluding hydrogens is 437 g/mol. The smallest absolute Gasteiger partial charge is 0.205 e. The first kappa shape index (κ1) is 22.2. The molecule has 0 fully saturated rings. The second kappa shape index (κ2) is 8.85. The number of ether oxygens (including phenoxy) is 4. The number of benzene rings is 3. The minimum Gasteiger partial charge on any atom is -0.493 e. The molecule has 4 aromatic rings. The minimum absolute atomic E-state index is 0.128. The molecule has 0 saturated heterocycles. The van der Waals surface area contributed by atoms with E-state index in [0.29, 0.717) is 28.0 Å². The Kier molecular flexibility index (Phi) is 5.95. The predicted molar refractivity (Wildman–Crippen MR) is 116 cm³/mol. The second-order valence-corrected chi connectivity index (χ2v) is 6.91. The highest BCUT2D eigenvalue weighted by atomic mass is 19.2. The van der Waals surface area contributed by atoms with Crippen molar-refractivity contribution in [3.05, 3.63) is 60.2 Å². The molecule has 9 heteroatoms. The summed E-state index contributed by atoms with van der Waals surface area (Å²) in [6, 6.07) is 10.5. The van der Waals surface area contributed by atoms with Crippen molar-refractivity contribution in [2.75, 3.05) is 28.4 Å². The molecule has 4 rings (SSSR count). The number of methoxy groups -OCH3 is 4. The summed E-state index contributed by atoms with van der Waals surface area (Å²) in [6.07, 6.45) is 1.15. The van der Waals surface area contributed by atoms with Gasteiger partial charge in [-0.1, -0.05) is 12.1 Å². The zero-order chi connectivity index (χ0) is 23.7.